The van der Waals surface area contributed by atoms with E-state index in [1.54, 1.807) is 12.4 Å². The van der Waals surface area contributed by atoms with E-state index in [4.69, 9.17) is 4.74 Å². The highest BCUT2D eigenvalue weighted by atomic mass is 16.5. The summed E-state index contributed by atoms with van der Waals surface area (Å²) in [6.07, 6.45) is 5.69. The van der Waals surface area contributed by atoms with Crippen molar-refractivity contribution in [1.82, 2.24) is 25.4 Å². The van der Waals surface area contributed by atoms with E-state index < -0.39 is 0 Å². The molecule has 30 heavy (non-hydrogen) atoms. The largest absolute Gasteiger partial charge is 0.373 e. The molecule has 1 amide bonds. The third-order valence-electron chi connectivity index (χ3n) is 5.23. The van der Waals surface area contributed by atoms with Gasteiger partial charge in [0, 0.05) is 43.2 Å². The van der Waals surface area contributed by atoms with Crippen LogP contribution < -0.4 is 5.32 Å². The lowest BCUT2D eigenvalue weighted by molar-refractivity contribution is -0.126. The van der Waals surface area contributed by atoms with Crippen molar-refractivity contribution in [2.24, 2.45) is 0 Å². The summed E-state index contributed by atoms with van der Waals surface area (Å²) in [5.41, 5.74) is 5.17. The van der Waals surface area contributed by atoms with Gasteiger partial charge in [-0.2, -0.15) is 5.10 Å². The molecule has 7 nitrogen and oxygen atoms in total. The number of nitrogens with one attached hydrogen (secondary N) is 2. The Hall–Kier alpha value is -3.03. The number of aromatic nitrogens is 3. The first kappa shape index (κ1) is 20.3. The van der Waals surface area contributed by atoms with Gasteiger partial charge in [-0.15, -0.1) is 0 Å². The van der Waals surface area contributed by atoms with Crippen LogP contribution in [0.2, 0.25) is 0 Å². The zero-order valence-corrected chi connectivity index (χ0v) is 17.3. The van der Waals surface area contributed by atoms with Crippen LogP contribution in [0.5, 0.6) is 0 Å². The molecule has 0 spiro atoms. The van der Waals surface area contributed by atoms with E-state index in [0.717, 1.165) is 41.0 Å². The Bertz CT molecular complexity index is 961. The van der Waals surface area contributed by atoms with E-state index in [0.29, 0.717) is 13.1 Å². The molecule has 1 fully saturated rings. The minimum absolute atomic E-state index is 0.0360. The highest BCUT2D eigenvalue weighted by Crippen LogP contribution is 2.29. The molecule has 2 atom stereocenters. The van der Waals surface area contributed by atoms with E-state index in [1.165, 1.54) is 0 Å². The highest BCUT2D eigenvalue weighted by Gasteiger charge is 2.23. The van der Waals surface area contributed by atoms with E-state index in [1.807, 2.05) is 56.4 Å². The number of benzene rings is 1. The Morgan fingerprint density at radius 3 is 2.50 bits per heavy atom. The Morgan fingerprint density at radius 2 is 1.80 bits per heavy atom. The molecule has 7 heteroatoms. The van der Waals surface area contributed by atoms with Gasteiger partial charge in [-0.1, -0.05) is 24.3 Å². The zero-order chi connectivity index (χ0) is 20.9. The minimum Gasteiger partial charge on any atom is -0.373 e. The molecule has 0 saturated carbocycles. The lowest BCUT2D eigenvalue weighted by atomic mass is 10.0. The fourth-order valence-corrected chi connectivity index (χ4v) is 3.92. The number of amides is 1. The van der Waals surface area contributed by atoms with Crippen molar-refractivity contribution < 1.29 is 9.53 Å². The number of hydrogen-bond acceptors (Lipinski definition) is 5. The molecule has 156 valence electrons. The molecule has 0 bridgehead atoms. The van der Waals surface area contributed by atoms with Crippen LogP contribution in [0.3, 0.4) is 0 Å². The number of ether oxygens (including phenoxy) is 1. The van der Waals surface area contributed by atoms with Crippen molar-refractivity contribution >= 4 is 5.91 Å². The Kier molecular flexibility index (Phi) is 6.21. The summed E-state index contributed by atoms with van der Waals surface area (Å²) < 4.78 is 5.72. The van der Waals surface area contributed by atoms with Gasteiger partial charge in [0.15, 0.2) is 0 Å². The Labute approximate surface area is 176 Å². The molecule has 3 heterocycles. The molecule has 1 aliphatic rings. The number of pyridine rings is 1. The summed E-state index contributed by atoms with van der Waals surface area (Å²) >= 11 is 0. The number of hydrogen-bond donors (Lipinski definition) is 2. The van der Waals surface area contributed by atoms with Gasteiger partial charge >= 0.3 is 0 Å². The van der Waals surface area contributed by atoms with Gasteiger partial charge in [-0.25, -0.2) is 0 Å². The summed E-state index contributed by atoms with van der Waals surface area (Å²) in [7, 11) is 0. The van der Waals surface area contributed by atoms with Gasteiger partial charge in [0.1, 0.15) is 0 Å². The van der Waals surface area contributed by atoms with Crippen LogP contribution in [-0.4, -0.2) is 57.8 Å². The average Bonchev–Trinajstić information content (AvgIpc) is 3.22. The maximum absolute atomic E-state index is 12.3. The van der Waals surface area contributed by atoms with Crippen molar-refractivity contribution in [1.29, 1.82) is 0 Å². The average molecular weight is 406 g/mol. The number of nitrogens with zero attached hydrogens (tertiary/aromatic N) is 3. The molecule has 2 unspecified atom stereocenters. The number of carbonyl (C=O) groups is 1. The molecule has 1 saturated heterocycles. The second-order valence-electron chi connectivity index (χ2n) is 7.82. The van der Waals surface area contributed by atoms with Crippen LogP contribution in [-0.2, 0) is 16.1 Å². The van der Waals surface area contributed by atoms with Gasteiger partial charge in [0.25, 0.3) is 0 Å². The molecule has 1 aromatic carbocycles. The van der Waals surface area contributed by atoms with Crippen LogP contribution in [0, 0.1) is 0 Å². The number of H-pyrrole nitrogens is 1. The minimum atomic E-state index is 0.0360. The lowest BCUT2D eigenvalue weighted by Gasteiger charge is -2.34. The maximum atomic E-state index is 12.3. The van der Waals surface area contributed by atoms with E-state index in [2.05, 4.69) is 25.4 Å². The fraction of sp³-hybridized carbons (Fsp3) is 0.348. The molecule has 4 rings (SSSR count). The predicted octanol–water partition coefficient (Wildman–Crippen LogP) is 2.86. The standard InChI is InChI=1S/C23H27N5O2/c1-16-13-28(14-17(2)30-16)15-22(29)25-11-18-3-5-20(6-4-18)23-21(12-26-27-23)19-7-9-24-10-8-19/h3-10,12,16-17H,11,13-15H2,1-2H3,(H,25,29)(H,26,27). The van der Waals surface area contributed by atoms with Gasteiger partial charge in [-0.3, -0.25) is 19.8 Å². The van der Waals surface area contributed by atoms with Crippen molar-refractivity contribution in [3.05, 3.63) is 60.6 Å². The van der Waals surface area contributed by atoms with Gasteiger partial charge in [0.2, 0.25) is 5.91 Å². The second kappa shape index (κ2) is 9.19. The van der Waals surface area contributed by atoms with Crippen molar-refractivity contribution in [2.45, 2.75) is 32.6 Å². The Balaban J connectivity index is 1.35. The molecule has 1 aliphatic heterocycles. The Morgan fingerprint density at radius 1 is 1.10 bits per heavy atom. The zero-order valence-electron chi connectivity index (χ0n) is 17.3. The van der Waals surface area contributed by atoms with Crippen LogP contribution >= 0.6 is 0 Å². The first-order valence-corrected chi connectivity index (χ1v) is 10.3. The van der Waals surface area contributed by atoms with Gasteiger partial charge < -0.3 is 10.1 Å². The number of carbonyl (C=O) groups excluding carboxylic acids is 1. The van der Waals surface area contributed by atoms with Crippen LogP contribution in [0.1, 0.15) is 19.4 Å². The molecule has 3 aromatic rings. The van der Waals surface area contributed by atoms with Crippen molar-refractivity contribution in [2.75, 3.05) is 19.6 Å². The highest BCUT2D eigenvalue weighted by molar-refractivity contribution is 5.80. The first-order chi connectivity index (χ1) is 14.6. The first-order valence-electron chi connectivity index (χ1n) is 10.3. The molecular formula is C23H27N5O2. The smallest absolute Gasteiger partial charge is 0.234 e. The van der Waals surface area contributed by atoms with Crippen molar-refractivity contribution in [3.63, 3.8) is 0 Å². The van der Waals surface area contributed by atoms with Gasteiger partial charge in [0.05, 0.1) is 30.6 Å². The maximum Gasteiger partial charge on any atom is 0.234 e. The predicted molar refractivity (Wildman–Crippen MR) is 116 cm³/mol. The topological polar surface area (TPSA) is 83.1 Å². The van der Waals surface area contributed by atoms with E-state index in [9.17, 15) is 4.79 Å². The van der Waals surface area contributed by atoms with Crippen LogP contribution in [0.25, 0.3) is 22.4 Å². The number of rotatable bonds is 6. The molecule has 0 aliphatic carbocycles. The lowest BCUT2D eigenvalue weighted by Crippen LogP contribution is -2.49. The SMILES string of the molecule is CC1CN(CC(=O)NCc2ccc(-c3[nH]ncc3-c3ccncc3)cc2)CC(C)O1. The van der Waals surface area contributed by atoms with Crippen LogP contribution in [0.15, 0.2) is 55.0 Å². The quantitative estimate of drug-likeness (QED) is 0.659. The third kappa shape index (κ3) is 4.93. The summed E-state index contributed by atoms with van der Waals surface area (Å²) in [5.74, 6) is 0.0360. The normalized spacial score (nSPS) is 19.5. The summed E-state index contributed by atoms with van der Waals surface area (Å²) in [4.78, 5) is 18.6. The fourth-order valence-electron chi connectivity index (χ4n) is 3.92. The summed E-state index contributed by atoms with van der Waals surface area (Å²) in [6, 6.07) is 12.1. The summed E-state index contributed by atoms with van der Waals surface area (Å²) in [6.45, 7) is 6.57. The van der Waals surface area contributed by atoms with Crippen LogP contribution in [0.4, 0.5) is 0 Å². The molecule has 0 radical (unpaired) electrons. The monoisotopic (exact) mass is 405 g/mol. The second-order valence-corrected chi connectivity index (χ2v) is 7.82. The molecular weight excluding hydrogens is 378 g/mol. The molecule has 2 N–H and O–H groups in total. The summed E-state index contributed by atoms with van der Waals surface area (Å²) in [5, 5.41) is 10.3. The van der Waals surface area contributed by atoms with E-state index >= 15 is 0 Å². The van der Waals surface area contributed by atoms with Gasteiger partial charge in [-0.05, 0) is 37.1 Å². The molecule has 2 aromatic heterocycles. The number of morpholine rings is 1. The third-order valence-corrected chi connectivity index (χ3v) is 5.23. The van der Waals surface area contributed by atoms with E-state index in [-0.39, 0.29) is 18.1 Å². The number of aromatic amines is 1. The van der Waals surface area contributed by atoms with Crippen molar-refractivity contribution in [3.8, 4) is 22.4 Å².